The number of hydrogen-bond acceptors (Lipinski definition) is 4. The van der Waals surface area contributed by atoms with Gasteiger partial charge in [0.05, 0.1) is 0 Å². The van der Waals surface area contributed by atoms with Crippen molar-refractivity contribution in [3.8, 4) is 5.75 Å². The quantitative estimate of drug-likeness (QED) is 0.443. The third kappa shape index (κ3) is 3.32. The Hall–Kier alpha value is -1.84. The van der Waals surface area contributed by atoms with E-state index in [9.17, 15) is 4.79 Å². The summed E-state index contributed by atoms with van der Waals surface area (Å²) in [6.45, 7) is 2.14. The van der Waals surface area contributed by atoms with Crippen LogP contribution in [0.4, 0.5) is 0 Å². The SMILES string of the molecule is CCCCCCC(=O)Oc1ccc2ocnc2c1. The zero-order valence-corrected chi connectivity index (χ0v) is 10.5. The molecule has 0 atom stereocenters. The lowest BCUT2D eigenvalue weighted by Gasteiger charge is -2.03. The number of carbonyl (C=O) groups excluding carboxylic acids is 1. The molecule has 0 spiro atoms. The predicted octanol–water partition coefficient (Wildman–Crippen LogP) is 3.70. The summed E-state index contributed by atoms with van der Waals surface area (Å²) in [5.41, 5.74) is 1.39. The molecule has 4 heteroatoms. The van der Waals surface area contributed by atoms with Gasteiger partial charge in [0.15, 0.2) is 12.0 Å². The maximum Gasteiger partial charge on any atom is 0.311 e. The van der Waals surface area contributed by atoms with E-state index in [0.717, 1.165) is 25.7 Å². The molecule has 0 fully saturated rings. The second kappa shape index (κ2) is 6.19. The van der Waals surface area contributed by atoms with Crippen molar-refractivity contribution in [1.29, 1.82) is 0 Å². The molecule has 4 nitrogen and oxygen atoms in total. The van der Waals surface area contributed by atoms with Crippen LogP contribution >= 0.6 is 0 Å². The molecule has 1 aromatic carbocycles. The number of nitrogens with zero attached hydrogens (tertiary/aromatic N) is 1. The van der Waals surface area contributed by atoms with Gasteiger partial charge in [-0.1, -0.05) is 26.2 Å². The van der Waals surface area contributed by atoms with Gasteiger partial charge in [0.2, 0.25) is 0 Å². The Kier molecular flexibility index (Phi) is 4.34. The van der Waals surface area contributed by atoms with E-state index in [-0.39, 0.29) is 5.97 Å². The first-order chi connectivity index (χ1) is 8.79. The summed E-state index contributed by atoms with van der Waals surface area (Å²) in [6.07, 6.45) is 6.14. The fourth-order valence-corrected chi connectivity index (χ4v) is 1.78. The number of rotatable bonds is 6. The molecule has 0 saturated heterocycles. The first kappa shape index (κ1) is 12.6. The van der Waals surface area contributed by atoms with Crippen molar-refractivity contribution in [1.82, 2.24) is 4.98 Å². The van der Waals surface area contributed by atoms with Gasteiger partial charge in [-0.3, -0.25) is 4.79 Å². The number of carbonyl (C=O) groups is 1. The minimum absolute atomic E-state index is 0.186. The van der Waals surface area contributed by atoms with Crippen LogP contribution in [0.25, 0.3) is 11.1 Å². The number of esters is 1. The highest BCUT2D eigenvalue weighted by molar-refractivity contribution is 5.77. The smallest absolute Gasteiger partial charge is 0.311 e. The molecule has 96 valence electrons. The Morgan fingerprint density at radius 3 is 3.06 bits per heavy atom. The second-order valence-corrected chi connectivity index (χ2v) is 4.27. The van der Waals surface area contributed by atoms with Gasteiger partial charge >= 0.3 is 5.97 Å². The molecule has 18 heavy (non-hydrogen) atoms. The van der Waals surface area contributed by atoms with Gasteiger partial charge in [0, 0.05) is 12.5 Å². The summed E-state index contributed by atoms with van der Waals surface area (Å²) in [5.74, 6) is 0.339. The number of aromatic nitrogens is 1. The van der Waals surface area contributed by atoms with Crippen LogP contribution in [0.15, 0.2) is 29.0 Å². The predicted molar refractivity (Wildman–Crippen MR) is 68.4 cm³/mol. The van der Waals surface area contributed by atoms with Crippen molar-refractivity contribution in [2.24, 2.45) is 0 Å². The largest absolute Gasteiger partial charge is 0.443 e. The van der Waals surface area contributed by atoms with Crippen molar-refractivity contribution in [3.05, 3.63) is 24.6 Å². The Morgan fingerprint density at radius 1 is 1.33 bits per heavy atom. The first-order valence-electron chi connectivity index (χ1n) is 6.33. The molecule has 0 unspecified atom stereocenters. The molecule has 1 heterocycles. The van der Waals surface area contributed by atoms with E-state index in [1.165, 1.54) is 6.39 Å². The zero-order valence-electron chi connectivity index (χ0n) is 10.5. The standard InChI is InChI=1S/C14H17NO3/c1-2-3-4-5-6-14(16)18-11-7-8-13-12(9-11)15-10-17-13/h7-10H,2-6H2,1H3. The van der Waals surface area contributed by atoms with Gasteiger partial charge < -0.3 is 9.15 Å². The average Bonchev–Trinajstić information content (AvgIpc) is 2.82. The highest BCUT2D eigenvalue weighted by atomic mass is 16.5. The van der Waals surface area contributed by atoms with Crippen molar-refractivity contribution in [2.75, 3.05) is 0 Å². The number of oxazole rings is 1. The zero-order chi connectivity index (χ0) is 12.8. The lowest BCUT2D eigenvalue weighted by molar-refractivity contribution is -0.134. The van der Waals surface area contributed by atoms with E-state index < -0.39 is 0 Å². The monoisotopic (exact) mass is 247 g/mol. The number of hydrogen-bond donors (Lipinski definition) is 0. The maximum absolute atomic E-state index is 11.6. The van der Waals surface area contributed by atoms with Crippen molar-refractivity contribution >= 4 is 17.1 Å². The van der Waals surface area contributed by atoms with Crippen LogP contribution in [0.3, 0.4) is 0 Å². The van der Waals surface area contributed by atoms with Gasteiger partial charge in [-0.15, -0.1) is 0 Å². The molecule has 0 saturated carbocycles. The molecular weight excluding hydrogens is 230 g/mol. The van der Waals surface area contributed by atoms with E-state index in [0.29, 0.717) is 23.3 Å². The summed E-state index contributed by atoms with van der Waals surface area (Å²) in [5, 5.41) is 0. The lowest BCUT2D eigenvalue weighted by Crippen LogP contribution is -2.07. The number of benzene rings is 1. The molecule has 0 amide bonds. The average molecular weight is 247 g/mol. The third-order valence-electron chi connectivity index (χ3n) is 2.77. The summed E-state index contributed by atoms with van der Waals surface area (Å²) in [6, 6.07) is 5.18. The van der Waals surface area contributed by atoms with Crippen LogP contribution in [0.1, 0.15) is 39.0 Å². The van der Waals surface area contributed by atoms with Gasteiger partial charge in [-0.25, -0.2) is 4.98 Å². The maximum atomic E-state index is 11.6. The topological polar surface area (TPSA) is 52.3 Å². The Morgan fingerprint density at radius 2 is 2.22 bits per heavy atom. The van der Waals surface area contributed by atoms with Gasteiger partial charge in [-0.2, -0.15) is 0 Å². The molecule has 0 aliphatic heterocycles. The van der Waals surface area contributed by atoms with E-state index in [1.807, 2.05) is 0 Å². The van der Waals surface area contributed by atoms with E-state index >= 15 is 0 Å². The van der Waals surface area contributed by atoms with Crippen LogP contribution in [0, 0.1) is 0 Å². The van der Waals surface area contributed by atoms with Crippen molar-refractivity contribution in [3.63, 3.8) is 0 Å². The van der Waals surface area contributed by atoms with Crippen LogP contribution < -0.4 is 4.74 Å². The fourth-order valence-electron chi connectivity index (χ4n) is 1.78. The van der Waals surface area contributed by atoms with Crippen molar-refractivity contribution in [2.45, 2.75) is 39.0 Å². The lowest BCUT2D eigenvalue weighted by atomic mass is 10.1. The normalized spacial score (nSPS) is 10.7. The Balaban J connectivity index is 1.86. The van der Waals surface area contributed by atoms with Gasteiger partial charge in [0.25, 0.3) is 0 Å². The van der Waals surface area contributed by atoms with E-state index in [2.05, 4.69) is 11.9 Å². The highest BCUT2D eigenvalue weighted by Crippen LogP contribution is 2.20. The minimum Gasteiger partial charge on any atom is -0.443 e. The van der Waals surface area contributed by atoms with Crippen molar-refractivity contribution < 1.29 is 13.9 Å². The second-order valence-electron chi connectivity index (χ2n) is 4.27. The fraction of sp³-hybridized carbons (Fsp3) is 0.429. The number of fused-ring (bicyclic) bond motifs is 1. The molecule has 2 aromatic rings. The number of ether oxygens (including phenoxy) is 1. The number of unbranched alkanes of at least 4 members (excludes halogenated alkanes) is 3. The summed E-state index contributed by atoms with van der Waals surface area (Å²) in [7, 11) is 0. The van der Waals surface area contributed by atoms with Gasteiger partial charge in [0.1, 0.15) is 11.3 Å². The molecule has 0 aliphatic rings. The van der Waals surface area contributed by atoms with Crippen LogP contribution in [-0.4, -0.2) is 11.0 Å². The van der Waals surface area contributed by atoms with Crippen LogP contribution in [0.2, 0.25) is 0 Å². The third-order valence-corrected chi connectivity index (χ3v) is 2.77. The summed E-state index contributed by atoms with van der Waals surface area (Å²) < 4.78 is 10.4. The molecule has 2 rings (SSSR count). The Labute approximate surface area is 106 Å². The van der Waals surface area contributed by atoms with Gasteiger partial charge in [-0.05, 0) is 18.6 Å². The first-order valence-corrected chi connectivity index (χ1v) is 6.33. The summed E-state index contributed by atoms with van der Waals surface area (Å²) in [4.78, 5) is 15.6. The Bertz CT molecular complexity index is 518. The van der Waals surface area contributed by atoms with Crippen LogP contribution in [0.5, 0.6) is 5.75 Å². The van der Waals surface area contributed by atoms with E-state index in [1.54, 1.807) is 18.2 Å². The highest BCUT2D eigenvalue weighted by Gasteiger charge is 2.06. The molecule has 0 N–H and O–H groups in total. The molecule has 0 radical (unpaired) electrons. The molecule has 1 aromatic heterocycles. The minimum atomic E-state index is -0.186. The summed E-state index contributed by atoms with van der Waals surface area (Å²) >= 11 is 0. The molecule has 0 aliphatic carbocycles. The molecular formula is C14H17NO3. The molecule has 0 bridgehead atoms. The van der Waals surface area contributed by atoms with E-state index in [4.69, 9.17) is 9.15 Å². The van der Waals surface area contributed by atoms with Crippen LogP contribution in [-0.2, 0) is 4.79 Å².